The van der Waals surface area contributed by atoms with Crippen molar-refractivity contribution >= 4 is 46.3 Å². The Hall–Kier alpha value is -3.02. The fourth-order valence-electron chi connectivity index (χ4n) is 2.72. The minimum atomic E-state index is -0.476. The lowest BCUT2D eigenvalue weighted by molar-refractivity contribution is 0.628. The lowest BCUT2D eigenvalue weighted by atomic mass is 10.1. The van der Waals surface area contributed by atoms with Gasteiger partial charge >= 0.3 is 0 Å². The first kappa shape index (κ1) is 18.3. The monoisotopic (exact) mass is 410 g/mol. The maximum Gasteiger partial charge on any atom is 0.244 e. The Morgan fingerprint density at radius 2 is 1.75 bits per heavy atom. The van der Waals surface area contributed by atoms with E-state index in [1.54, 1.807) is 12.1 Å². The van der Waals surface area contributed by atoms with E-state index in [0.29, 0.717) is 16.5 Å². The summed E-state index contributed by atoms with van der Waals surface area (Å²) in [4.78, 5) is 9.08. The lowest BCUT2D eigenvalue weighted by Crippen LogP contribution is -2.00. The molecule has 1 N–H and O–H groups in total. The SMILES string of the molecule is Fc1ccc(C=NNc2nc(-c3ccccc3)c3cc(Cl)ccc3n2)cc1Cl. The molecule has 0 aliphatic heterocycles. The summed E-state index contributed by atoms with van der Waals surface area (Å²) in [6, 6.07) is 19.6. The van der Waals surface area contributed by atoms with Crippen molar-refractivity contribution in [1.29, 1.82) is 0 Å². The Labute approximate surface area is 170 Å². The summed E-state index contributed by atoms with van der Waals surface area (Å²) >= 11 is 11.9. The highest BCUT2D eigenvalue weighted by Gasteiger charge is 2.10. The highest BCUT2D eigenvalue weighted by molar-refractivity contribution is 6.31. The molecule has 0 saturated carbocycles. The first-order chi connectivity index (χ1) is 13.6. The molecular formula is C21H13Cl2FN4. The fraction of sp³-hybridized carbons (Fsp3) is 0. The van der Waals surface area contributed by atoms with Gasteiger partial charge in [0.25, 0.3) is 0 Å². The van der Waals surface area contributed by atoms with Crippen molar-refractivity contribution in [3.8, 4) is 11.3 Å². The van der Waals surface area contributed by atoms with Crippen molar-refractivity contribution < 1.29 is 4.39 Å². The van der Waals surface area contributed by atoms with Crippen LogP contribution in [0.5, 0.6) is 0 Å². The molecule has 0 fully saturated rings. The number of nitrogens with one attached hydrogen (secondary N) is 1. The van der Waals surface area contributed by atoms with Crippen LogP contribution in [0.3, 0.4) is 0 Å². The molecule has 0 bridgehead atoms. The third-order valence-electron chi connectivity index (χ3n) is 4.03. The van der Waals surface area contributed by atoms with Crippen LogP contribution in [0.15, 0.2) is 71.8 Å². The number of nitrogens with zero attached hydrogens (tertiary/aromatic N) is 3. The van der Waals surface area contributed by atoms with Gasteiger partial charge in [-0.3, -0.25) is 0 Å². The van der Waals surface area contributed by atoms with E-state index in [2.05, 4.69) is 20.5 Å². The van der Waals surface area contributed by atoms with Crippen molar-refractivity contribution in [2.24, 2.45) is 5.10 Å². The zero-order valence-corrected chi connectivity index (χ0v) is 15.9. The van der Waals surface area contributed by atoms with E-state index < -0.39 is 5.82 Å². The highest BCUT2D eigenvalue weighted by Crippen LogP contribution is 2.29. The molecule has 0 radical (unpaired) electrons. The maximum atomic E-state index is 13.2. The molecule has 4 aromatic rings. The summed E-state index contributed by atoms with van der Waals surface area (Å²) < 4.78 is 13.2. The van der Waals surface area contributed by atoms with Gasteiger partial charge in [0.2, 0.25) is 5.95 Å². The Bertz CT molecular complexity index is 1180. The third-order valence-corrected chi connectivity index (χ3v) is 4.55. The summed E-state index contributed by atoms with van der Waals surface area (Å²) in [5, 5.41) is 5.63. The van der Waals surface area contributed by atoms with Crippen LogP contribution in [0.1, 0.15) is 5.56 Å². The number of fused-ring (bicyclic) bond motifs is 1. The molecule has 0 unspecified atom stereocenters. The Balaban J connectivity index is 1.70. The first-order valence-corrected chi connectivity index (χ1v) is 9.12. The van der Waals surface area contributed by atoms with Gasteiger partial charge in [0.1, 0.15) is 5.82 Å². The number of benzene rings is 3. The van der Waals surface area contributed by atoms with Gasteiger partial charge in [-0.1, -0.05) is 59.6 Å². The van der Waals surface area contributed by atoms with E-state index in [-0.39, 0.29) is 5.02 Å². The smallest absolute Gasteiger partial charge is 0.244 e. The zero-order chi connectivity index (χ0) is 19.5. The van der Waals surface area contributed by atoms with E-state index in [9.17, 15) is 4.39 Å². The van der Waals surface area contributed by atoms with Crippen molar-refractivity contribution in [2.45, 2.75) is 0 Å². The van der Waals surface area contributed by atoms with Gasteiger partial charge < -0.3 is 0 Å². The predicted molar refractivity (Wildman–Crippen MR) is 113 cm³/mol. The predicted octanol–water partition coefficient (Wildman–Crippen LogP) is 6.19. The van der Waals surface area contributed by atoms with Gasteiger partial charge in [-0.05, 0) is 35.9 Å². The molecule has 4 rings (SSSR count). The van der Waals surface area contributed by atoms with Gasteiger partial charge in [0, 0.05) is 16.0 Å². The van der Waals surface area contributed by atoms with E-state index in [1.807, 2.05) is 42.5 Å². The molecule has 3 aromatic carbocycles. The van der Waals surface area contributed by atoms with Crippen LogP contribution in [0.25, 0.3) is 22.2 Å². The van der Waals surface area contributed by atoms with Crippen LogP contribution in [-0.4, -0.2) is 16.2 Å². The largest absolute Gasteiger partial charge is 0.245 e. The van der Waals surface area contributed by atoms with Crippen LogP contribution in [0.4, 0.5) is 10.3 Å². The Morgan fingerprint density at radius 1 is 0.929 bits per heavy atom. The molecule has 28 heavy (non-hydrogen) atoms. The molecule has 0 saturated heterocycles. The number of halogens is 3. The van der Waals surface area contributed by atoms with Crippen LogP contribution in [0.2, 0.25) is 10.0 Å². The molecule has 138 valence electrons. The number of hydrazone groups is 1. The van der Waals surface area contributed by atoms with Gasteiger partial charge in [-0.2, -0.15) is 5.10 Å². The molecule has 0 amide bonds. The molecule has 4 nitrogen and oxygen atoms in total. The Morgan fingerprint density at radius 3 is 2.54 bits per heavy atom. The summed E-state index contributed by atoms with van der Waals surface area (Å²) in [6.07, 6.45) is 1.52. The quantitative estimate of drug-likeness (QED) is 0.322. The van der Waals surface area contributed by atoms with Crippen molar-refractivity contribution in [2.75, 3.05) is 5.43 Å². The number of anilines is 1. The molecule has 7 heteroatoms. The zero-order valence-electron chi connectivity index (χ0n) is 14.4. The third kappa shape index (κ3) is 3.96. The molecule has 0 atom stereocenters. The summed E-state index contributed by atoms with van der Waals surface area (Å²) in [6.45, 7) is 0. The van der Waals surface area contributed by atoms with E-state index in [1.165, 1.54) is 18.3 Å². The minimum Gasteiger partial charge on any atom is -0.245 e. The average Bonchev–Trinajstić information content (AvgIpc) is 2.71. The highest BCUT2D eigenvalue weighted by atomic mass is 35.5. The average molecular weight is 411 g/mol. The normalized spacial score (nSPS) is 11.2. The van der Waals surface area contributed by atoms with Crippen LogP contribution >= 0.6 is 23.2 Å². The van der Waals surface area contributed by atoms with Gasteiger partial charge in [0.15, 0.2) is 0 Å². The molecule has 1 aromatic heterocycles. The lowest BCUT2D eigenvalue weighted by Gasteiger charge is -2.09. The second-order valence-electron chi connectivity index (χ2n) is 5.97. The Kier molecular flexibility index (Phi) is 5.19. The molecular weight excluding hydrogens is 398 g/mol. The summed E-state index contributed by atoms with van der Waals surface area (Å²) in [7, 11) is 0. The minimum absolute atomic E-state index is 0.0362. The van der Waals surface area contributed by atoms with E-state index in [4.69, 9.17) is 23.2 Å². The summed E-state index contributed by atoms with van der Waals surface area (Å²) in [5.74, 6) is -0.145. The maximum absolute atomic E-state index is 13.2. The standard InChI is InChI=1S/C21H13Cl2FN4/c22-15-7-9-19-16(11-15)20(14-4-2-1-3-5-14)27-21(26-19)28-25-12-13-6-8-18(24)17(23)10-13/h1-12H,(H,26,27,28). The van der Waals surface area contributed by atoms with E-state index in [0.717, 1.165) is 22.2 Å². The molecule has 0 aliphatic carbocycles. The number of rotatable bonds is 4. The topological polar surface area (TPSA) is 50.2 Å². The van der Waals surface area contributed by atoms with Crippen molar-refractivity contribution in [1.82, 2.24) is 9.97 Å². The van der Waals surface area contributed by atoms with Gasteiger partial charge in [0.05, 0.1) is 22.4 Å². The van der Waals surface area contributed by atoms with Crippen molar-refractivity contribution in [3.63, 3.8) is 0 Å². The first-order valence-electron chi connectivity index (χ1n) is 8.37. The van der Waals surface area contributed by atoms with Crippen LogP contribution in [0, 0.1) is 5.82 Å². The number of hydrogen-bond acceptors (Lipinski definition) is 4. The van der Waals surface area contributed by atoms with Gasteiger partial charge in [-0.25, -0.2) is 19.8 Å². The molecule has 0 aliphatic rings. The summed E-state index contributed by atoms with van der Waals surface area (Å²) in [5.41, 5.74) is 5.89. The molecule has 0 spiro atoms. The number of hydrogen-bond donors (Lipinski definition) is 1. The second-order valence-corrected chi connectivity index (χ2v) is 6.81. The van der Waals surface area contributed by atoms with Crippen LogP contribution in [-0.2, 0) is 0 Å². The number of aromatic nitrogens is 2. The molecule has 1 heterocycles. The van der Waals surface area contributed by atoms with Crippen molar-refractivity contribution in [3.05, 3.63) is 88.2 Å². The van der Waals surface area contributed by atoms with Gasteiger partial charge in [-0.15, -0.1) is 0 Å². The van der Waals surface area contributed by atoms with E-state index >= 15 is 0 Å². The fourth-order valence-corrected chi connectivity index (χ4v) is 3.09. The second kappa shape index (κ2) is 7.92. The van der Waals surface area contributed by atoms with Crippen LogP contribution < -0.4 is 5.43 Å².